The normalized spacial score (nSPS) is 10.6. The number of aromatic nitrogens is 3. The summed E-state index contributed by atoms with van der Waals surface area (Å²) >= 11 is 6.31. The first kappa shape index (κ1) is 21.4. The Morgan fingerprint density at radius 3 is 2.32 bits per heavy atom. The number of rotatable bonds is 6. The minimum atomic E-state index is -0.368. The van der Waals surface area contributed by atoms with Crippen molar-refractivity contribution in [3.63, 3.8) is 0 Å². The monoisotopic (exact) mass is 466 g/mol. The summed E-state index contributed by atoms with van der Waals surface area (Å²) in [5.74, 6) is 0.728. The van der Waals surface area contributed by atoms with Crippen LogP contribution in [0.1, 0.15) is 10.4 Å². The molecule has 2 heterocycles. The molecule has 0 saturated heterocycles. The fourth-order valence-corrected chi connectivity index (χ4v) is 3.57. The average Bonchev–Trinajstić information content (AvgIpc) is 2.87. The van der Waals surface area contributed by atoms with Crippen molar-refractivity contribution in [2.45, 2.75) is 0 Å². The van der Waals surface area contributed by atoms with E-state index >= 15 is 0 Å². The number of hydrogen-bond donors (Lipinski definition) is 3. The molecule has 0 atom stereocenters. The molecule has 7 nitrogen and oxygen atoms in total. The molecule has 2 aromatic heterocycles. The van der Waals surface area contributed by atoms with Crippen molar-refractivity contribution in [2.24, 2.45) is 0 Å². The van der Waals surface area contributed by atoms with Gasteiger partial charge in [0, 0.05) is 16.8 Å². The molecule has 5 rings (SSSR count). The Bertz CT molecular complexity index is 1460. The van der Waals surface area contributed by atoms with Gasteiger partial charge in [-0.1, -0.05) is 48.0 Å². The fraction of sp³-hybridized carbons (Fsp3) is 0. The molecule has 0 fully saturated rings. The molecule has 0 bridgehead atoms. The maximum atomic E-state index is 12.9. The number of benzene rings is 3. The van der Waals surface area contributed by atoms with Crippen molar-refractivity contribution in [1.29, 1.82) is 0 Å². The summed E-state index contributed by atoms with van der Waals surface area (Å²) in [6.07, 6.45) is 3.07. The molecule has 0 radical (unpaired) electrons. The lowest BCUT2D eigenvalue weighted by atomic mass is 10.1. The third-order valence-corrected chi connectivity index (χ3v) is 5.35. The zero-order valence-corrected chi connectivity index (χ0v) is 18.6. The number of fused-ring (bicyclic) bond motifs is 1. The predicted octanol–water partition coefficient (Wildman–Crippen LogP) is 6.42. The second kappa shape index (κ2) is 9.56. The third kappa shape index (κ3) is 4.95. The molecule has 166 valence electrons. The van der Waals surface area contributed by atoms with E-state index in [1.165, 1.54) is 12.4 Å². The molecular formula is C26H19ClN6O. The van der Waals surface area contributed by atoms with Gasteiger partial charge in [0.15, 0.2) is 0 Å². The molecule has 34 heavy (non-hydrogen) atoms. The Morgan fingerprint density at radius 1 is 0.735 bits per heavy atom. The van der Waals surface area contributed by atoms with Crippen molar-refractivity contribution in [2.75, 3.05) is 16.0 Å². The lowest BCUT2D eigenvalue weighted by Gasteiger charge is -2.11. The lowest BCUT2D eigenvalue weighted by molar-refractivity contribution is 0.102. The van der Waals surface area contributed by atoms with Gasteiger partial charge < -0.3 is 16.0 Å². The highest BCUT2D eigenvalue weighted by Crippen LogP contribution is 2.25. The van der Waals surface area contributed by atoms with Crippen LogP contribution in [0, 0.1) is 0 Å². The Labute approximate surface area is 200 Å². The number of halogens is 1. The first-order chi connectivity index (χ1) is 16.6. The van der Waals surface area contributed by atoms with Gasteiger partial charge in [0.2, 0.25) is 5.95 Å². The summed E-state index contributed by atoms with van der Waals surface area (Å²) in [6, 6.07) is 26.5. The second-order valence-corrected chi connectivity index (χ2v) is 7.86. The van der Waals surface area contributed by atoms with E-state index in [1.54, 1.807) is 18.2 Å². The lowest BCUT2D eigenvalue weighted by Crippen LogP contribution is -2.13. The van der Waals surface area contributed by atoms with Crippen molar-refractivity contribution in [3.8, 4) is 0 Å². The van der Waals surface area contributed by atoms with Gasteiger partial charge in [-0.2, -0.15) is 0 Å². The number of pyridine rings is 1. The minimum Gasteiger partial charge on any atom is -0.340 e. The predicted molar refractivity (Wildman–Crippen MR) is 136 cm³/mol. The van der Waals surface area contributed by atoms with Gasteiger partial charge in [-0.3, -0.25) is 4.79 Å². The van der Waals surface area contributed by atoms with Crippen molar-refractivity contribution in [1.82, 2.24) is 15.0 Å². The van der Waals surface area contributed by atoms with Crippen molar-refractivity contribution >= 4 is 57.2 Å². The van der Waals surface area contributed by atoms with E-state index in [0.717, 1.165) is 16.6 Å². The Morgan fingerprint density at radius 2 is 1.50 bits per heavy atom. The fourth-order valence-electron chi connectivity index (χ4n) is 3.37. The van der Waals surface area contributed by atoms with Crippen LogP contribution in [0.5, 0.6) is 0 Å². The van der Waals surface area contributed by atoms with Crippen LogP contribution in [-0.4, -0.2) is 20.9 Å². The van der Waals surface area contributed by atoms with E-state index in [2.05, 4.69) is 30.9 Å². The highest BCUT2D eigenvalue weighted by atomic mass is 35.5. The maximum Gasteiger partial charge on any atom is 0.257 e. The van der Waals surface area contributed by atoms with E-state index in [4.69, 9.17) is 11.6 Å². The van der Waals surface area contributed by atoms with Gasteiger partial charge in [0.25, 0.3) is 5.91 Å². The van der Waals surface area contributed by atoms with E-state index < -0.39 is 0 Å². The Hall–Kier alpha value is -4.49. The number of hydrogen-bond acceptors (Lipinski definition) is 6. The van der Waals surface area contributed by atoms with Crippen molar-refractivity contribution in [3.05, 3.63) is 108 Å². The molecule has 0 aliphatic carbocycles. The highest BCUT2D eigenvalue weighted by Gasteiger charge is 2.13. The van der Waals surface area contributed by atoms with Crippen LogP contribution in [0.15, 0.2) is 97.3 Å². The van der Waals surface area contributed by atoms with Crippen LogP contribution >= 0.6 is 11.6 Å². The molecule has 0 saturated carbocycles. The summed E-state index contributed by atoms with van der Waals surface area (Å²) < 4.78 is 0. The van der Waals surface area contributed by atoms with Crippen LogP contribution in [0.3, 0.4) is 0 Å². The van der Waals surface area contributed by atoms with Crippen LogP contribution in [0.4, 0.5) is 28.8 Å². The minimum absolute atomic E-state index is 0.318. The van der Waals surface area contributed by atoms with Crippen LogP contribution in [0.2, 0.25) is 5.02 Å². The third-order valence-electron chi connectivity index (χ3n) is 5.02. The zero-order valence-electron chi connectivity index (χ0n) is 17.9. The van der Waals surface area contributed by atoms with E-state index in [-0.39, 0.29) is 5.91 Å². The topological polar surface area (TPSA) is 91.8 Å². The molecule has 0 aliphatic rings. The standard InChI is InChI=1S/C26H19ClN6O/c27-22-12-11-19(30-24-13-10-17-6-4-5-9-23(17)33-24)14-21(22)25(34)31-20-15-28-26(29-16-20)32-18-7-2-1-3-8-18/h1-16H,(H,30,33)(H,31,34)(H,28,29,32). The van der Waals surface area contributed by atoms with E-state index in [1.807, 2.05) is 66.7 Å². The summed E-state index contributed by atoms with van der Waals surface area (Å²) in [5, 5.41) is 10.5. The molecule has 1 amide bonds. The average molecular weight is 467 g/mol. The summed E-state index contributed by atoms with van der Waals surface area (Å²) in [6.45, 7) is 0. The van der Waals surface area contributed by atoms with E-state index in [9.17, 15) is 4.79 Å². The number of anilines is 5. The number of carbonyl (C=O) groups is 1. The van der Waals surface area contributed by atoms with Crippen molar-refractivity contribution < 1.29 is 4.79 Å². The molecular weight excluding hydrogens is 448 g/mol. The molecule has 0 aliphatic heterocycles. The summed E-state index contributed by atoms with van der Waals surface area (Å²) in [7, 11) is 0. The number of amides is 1. The smallest absolute Gasteiger partial charge is 0.257 e. The zero-order chi connectivity index (χ0) is 23.3. The van der Waals surface area contributed by atoms with Gasteiger partial charge in [-0.25, -0.2) is 15.0 Å². The molecule has 8 heteroatoms. The SMILES string of the molecule is O=C(Nc1cnc(Nc2ccccc2)nc1)c1cc(Nc2ccc3ccccc3n2)ccc1Cl. The number of carbonyl (C=O) groups excluding carboxylic acids is 1. The summed E-state index contributed by atoms with van der Waals surface area (Å²) in [4.78, 5) is 26.0. The quantitative estimate of drug-likeness (QED) is 0.267. The molecule has 0 spiro atoms. The van der Waals surface area contributed by atoms with Gasteiger partial charge in [-0.05, 0) is 48.5 Å². The molecule has 5 aromatic rings. The number of para-hydroxylation sites is 2. The Balaban J connectivity index is 1.29. The largest absolute Gasteiger partial charge is 0.340 e. The van der Waals surface area contributed by atoms with E-state index in [0.29, 0.717) is 33.7 Å². The van der Waals surface area contributed by atoms with Gasteiger partial charge in [-0.15, -0.1) is 0 Å². The van der Waals surface area contributed by atoms with Crippen LogP contribution < -0.4 is 16.0 Å². The molecule has 3 N–H and O–H groups in total. The Kier molecular flexibility index (Phi) is 6.01. The molecule has 0 unspecified atom stereocenters. The number of nitrogens with one attached hydrogen (secondary N) is 3. The van der Waals surface area contributed by atoms with Gasteiger partial charge in [0.1, 0.15) is 5.82 Å². The van der Waals surface area contributed by atoms with Crippen LogP contribution in [0.25, 0.3) is 10.9 Å². The highest BCUT2D eigenvalue weighted by molar-refractivity contribution is 6.34. The van der Waals surface area contributed by atoms with Gasteiger partial charge in [0.05, 0.1) is 34.2 Å². The number of nitrogens with zero attached hydrogens (tertiary/aromatic N) is 3. The first-order valence-corrected chi connectivity index (χ1v) is 10.9. The van der Waals surface area contributed by atoms with Crippen LogP contribution in [-0.2, 0) is 0 Å². The maximum absolute atomic E-state index is 12.9. The second-order valence-electron chi connectivity index (χ2n) is 7.45. The molecule has 3 aromatic carbocycles. The first-order valence-electron chi connectivity index (χ1n) is 10.5. The van der Waals surface area contributed by atoms with Gasteiger partial charge >= 0.3 is 0 Å². The summed E-state index contributed by atoms with van der Waals surface area (Å²) in [5.41, 5.74) is 3.21.